The zero-order chi connectivity index (χ0) is 12.6. The van der Waals surface area contributed by atoms with E-state index < -0.39 is 5.97 Å². The molecule has 0 amide bonds. The quantitative estimate of drug-likeness (QED) is 0.722. The van der Waals surface area contributed by atoms with Gasteiger partial charge in [-0.15, -0.1) is 0 Å². The Labute approximate surface area is 105 Å². The minimum atomic E-state index is -1.03. The highest BCUT2D eigenvalue weighted by molar-refractivity contribution is 6.34. The number of rotatable bonds is 4. The van der Waals surface area contributed by atoms with Crippen molar-refractivity contribution < 1.29 is 9.90 Å². The Kier molecular flexibility index (Phi) is 2.91. The molecule has 1 aliphatic carbocycles. The number of carbonyl (C=O) groups is 1. The summed E-state index contributed by atoms with van der Waals surface area (Å²) in [5, 5.41) is 12.6. The number of hydrogen-bond donors (Lipinski definition) is 3. The summed E-state index contributed by atoms with van der Waals surface area (Å²) in [6.45, 7) is 2.89. The fraction of sp³-hybridized carbons (Fsp3) is 0.417. The second-order valence-electron chi connectivity index (χ2n) is 4.89. The van der Waals surface area contributed by atoms with Crippen LogP contribution in [0, 0.1) is 5.41 Å². The molecule has 2 rings (SSSR count). The summed E-state index contributed by atoms with van der Waals surface area (Å²) in [4.78, 5) is 11.1. The molecule has 0 radical (unpaired) electrons. The van der Waals surface area contributed by atoms with Gasteiger partial charge >= 0.3 is 5.97 Å². The number of carboxylic acids is 1. The summed E-state index contributed by atoms with van der Waals surface area (Å²) in [6, 6.07) is 2.98. The van der Waals surface area contributed by atoms with E-state index >= 15 is 0 Å². The topological polar surface area (TPSA) is 75.3 Å². The van der Waals surface area contributed by atoms with Crippen LogP contribution in [0.15, 0.2) is 12.1 Å². The summed E-state index contributed by atoms with van der Waals surface area (Å²) >= 11 is 6.02. The van der Waals surface area contributed by atoms with Gasteiger partial charge in [-0.2, -0.15) is 0 Å². The zero-order valence-electron chi connectivity index (χ0n) is 9.59. The molecule has 0 aromatic heterocycles. The Hall–Kier alpha value is -1.42. The van der Waals surface area contributed by atoms with E-state index in [9.17, 15) is 4.79 Å². The second-order valence-corrected chi connectivity index (χ2v) is 5.30. The lowest BCUT2D eigenvalue weighted by Gasteiger charge is -2.15. The van der Waals surface area contributed by atoms with Crippen LogP contribution in [0.2, 0.25) is 5.02 Å². The van der Waals surface area contributed by atoms with Crippen LogP contribution >= 0.6 is 11.6 Å². The van der Waals surface area contributed by atoms with Gasteiger partial charge in [0.1, 0.15) is 0 Å². The summed E-state index contributed by atoms with van der Waals surface area (Å²) in [6.07, 6.45) is 2.32. The van der Waals surface area contributed by atoms with E-state index in [4.69, 9.17) is 22.4 Å². The lowest BCUT2D eigenvalue weighted by atomic mass is 10.1. The molecule has 0 aliphatic heterocycles. The molecule has 92 valence electrons. The number of nitrogen functional groups attached to an aromatic ring is 1. The first-order valence-electron chi connectivity index (χ1n) is 5.47. The smallest absolute Gasteiger partial charge is 0.337 e. The number of anilines is 2. The number of hydrogen-bond acceptors (Lipinski definition) is 3. The average Bonchev–Trinajstić information content (AvgIpc) is 2.94. The molecule has 0 heterocycles. The largest absolute Gasteiger partial charge is 0.478 e. The van der Waals surface area contributed by atoms with Crippen LogP contribution in [0.3, 0.4) is 0 Å². The van der Waals surface area contributed by atoms with Crippen LogP contribution in [0.4, 0.5) is 11.4 Å². The molecule has 1 aliphatic rings. The van der Waals surface area contributed by atoms with Crippen molar-refractivity contribution in [1.82, 2.24) is 0 Å². The average molecular weight is 255 g/mol. The predicted molar refractivity (Wildman–Crippen MR) is 68.7 cm³/mol. The number of benzene rings is 1. The highest BCUT2D eigenvalue weighted by Crippen LogP contribution is 2.45. The van der Waals surface area contributed by atoms with Crippen molar-refractivity contribution in [1.29, 1.82) is 0 Å². The molecule has 17 heavy (non-hydrogen) atoms. The third-order valence-electron chi connectivity index (χ3n) is 3.14. The Balaban J connectivity index is 2.27. The number of carboxylic acid groups (broad SMARTS) is 1. The molecule has 0 unspecified atom stereocenters. The van der Waals surface area contributed by atoms with Crippen LogP contribution in [0.25, 0.3) is 0 Å². The van der Waals surface area contributed by atoms with E-state index in [0.29, 0.717) is 16.4 Å². The molecule has 1 fully saturated rings. The minimum Gasteiger partial charge on any atom is -0.478 e. The highest BCUT2D eigenvalue weighted by Gasteiger charge is 2.37. The monoisotopic (exact) mass is 254 g/mol. The van der Waals surface area contributed by atoms with Crippen molar-refractivity contribution in [3.63, 3.8) is 0 Å². The van der Waals surface area contributed by atoms with Gasteiger partial charge in [0.2, 0.25) is 0 Å². The molecule has 1 aromatic rings. The standard InChI is InChI=1S/C12H15ClN2O2/c1-12(2-3-12)6-15-10-8(11(16)17)4-7(14)5-9(10)13/h4-5,15H,2-3,6,14H2,1H3,(H,16,17). The van der Waals surface area contributed by atoms with Gasteiger partial charge in [-0.05, 0) is 30.4 Å². The Bertz CT molecular complexity index is 470. The molecule has 4 N–H and O–H groups in total. The minimum absolute atomic E-state index is 0.124. The van der Waals surface area contributed by atoms with Crippen molar-refractivity contribution >= 4 is 28.9 Å². The normalized spacial score (nSPS) is 16.6. The fourth-order valence-corrected chi connectivity index (χ4v) is 1.96. The van der Waals surface area contributed by atoms with Crippen molar-refractivity contribution in [2.24, 2.45) is 5.41 Å². The molecule has 4 nitrogen and oxygen atoms in total. The zero-order valence-corrected chi connectivity index (χ0v) is 10.3. The Morgan fingerprint density at radius 2 is 2.24 bits per heavy atom. The van der Waals surface area contributed by atoms with Crippen LogP contribution in [0.5, 0.6) is 0 Å². The van der Waals surface area contributed by atoms with E-state index in [0.717, 1.165) is 19.4 Å². The fourth-order valence-electron chi connectivity index (χ4n) is 1.67. The van der Waals surface area contributed by atoms with Crippen LogP contribution in [-0.2, 0) is 0 Å². The first-order valence-corrected chi connectivity index (χ1v) is 5.85. The molecule has 0 spiro atoms. The summed E-state index contributed by atoms with van der Waals surface area (Å²) < 4.78 is 0. The van der Waals surface area contributed by atoms with Crippen LogP contribution < -0.4 is 11.1 Å². The van der Waals surface area contributed by atoms with Gasteiger partial charge in [0, 0.05) is 12.2 Å². The molecule has 1 saturated carbocycles. The van der Waals surface area contributed by atoms with Crippen LogP contribution in [-0.4, -0.2) is 17.6 Å². The van der Waals surface area contributed by atoms with Crippen molar-refractivity contribution in [2.75, 3.05) is 17.6 Å². The SMILES string of the molecule is CC1(CNc2c(Cl)cc(N)cc2C(=O)O)CC1. The van der Waals surface area contributed by atoms with Gasteiger partial charge in [0.25, 0.3) is 0 Å². The van der Waals surface area contributed by atoms with Gasteiger partial charge in [-0.25, -0.2) is 4.79 Å². The third-order valence-corrected chi connectivity index (χ3v) is 3.44. The van der Waals surface area contributed by atoms with E-state index in [-0.39, 0.29) is 11.0 Å². The summed E-state index contributed by atoms with van der Waals surface area (Å²) in [7, 11) is 0. The summed E-state index contributed by atoms with van der Waals surface area (Å²) in [5.41, 5.74) is 6.80. The first-order chi connectivity index (χ1) is 7.91. The molecule has 0 saturated heterocycles. The number of aromatic carboxylic acids is 1. The highest BCUT2D eigenvalue weighted by atomic mass is 35.5. The lowest BCUT2D eigenvalue weighted by molar-refractivity contribution is 0.0698. The first kappa shape index (κ1) is 12.0. The molecular weight excluding hydrogens is 240 g/mol. The van der Waals surface area contributed by atoms with Gasteiger partial charge in [-0.3, -0.25) is 0 Å². The summed E-state index contributed by atoms with van der Waals surface area (Å²) in [5.74, 6) is -1.03. The van der Waals surface area contributed by atoms with Gasteiger partial charge in [0.05, 0.1) is 16.3 Å². The third kappa shape index (κ3) is 2.64. The maximum atomic E-state index is 11.1. The van der Waals surface area contributed by atoms with Crippen molar-refractivity contribution in [3.8, 4) is 0 Å². The van der Waals surface area contributed by atoms with Gasteiger partial charge in [0.15, 0.2) is 0 Å². The molecule has 5 heteroatoms. The van der Waals surface area contributed by atoms with E-state index in [1.807, 2.05) is 0 Å². The number of nitrogens with two attached hydrogens (primary N) is 1. The van der Waals surface area contributed by atoms with E-state index in [1.54, 1.807) is 6.07 Å². The maximum absolute atomic E-state index is 11.1. The van der Waals surface area contributed by atoms with Gasteiger partial charge < -0.3 is 16.2 Å². The van der Waals surface area contributed by atoms with E-state index in [1.165, 1.54) is 6.07 Å². The predicted octanol–water partition coefficient (Wildman–Crippen LogP) is 2.83. The molecule has 1 aromatic carbocycles. The van der Waals surface area contributed by atoms with E-state index in [2.05, 4.69) is 12.2 Å². The Morgan fingerprint density at radius 3 is 2.76 bits per heavy atom. The number of halogens is 1. The molecule has 0 bridgehead atoms. The number of nitrogens with one attached hydrogen (secondary N) is 1. The molecular formula is C12H15ClN2O2. The maximum Gasteiger partial charge on any atom is 0.337 e. The van der Waals surface area contributed by atoms with Crippen LogP contribution in [0.1, 0.15) is 30.1 Å². The Morgan fingerprint density at radius 1 is 1.59 bits per heavy atom. The molecule has 0 atom stereocenters. The van der Waals surface area contributed by atoms with Crippen molar-refractivity contribution in [3.05, 3.63) is 22.7 Å². The van der Waals surface area contributed by atoms with Crippen molar-refractivity contribution in [2.45, 2.75) is 19.8 Å². The van der Waals surface area contributed by atoms with Gasteiger partial charge in [-0.1, -0.05) is 18.5 Å². The second kappa shape index (κ2) is 4.11. The lowest BCUT2D eigenvalue weighted by Crippen LogP contribution is -2.15.